The normalized spacial score (nSPS) is 50.7. The van der Waals surface area contributed by atoms with Crippen molar-refractivity contribution >= 4 is 81.4 Å². The van der Waals surface area contributed by atoms with Crippen LogP contribution in [0.4, 0.5) is 17.6 Å². The second-order valence-electron chi connectivity index (χ2n) is 4.78. The highest BCUT2D eigenvalue weighted by atomic mass is 35.5. The quantitative estimate of drug-likeness (QED) is 0.346. The molecule has 0 unspecified atom stereocenters. The molecule has 1 heterocycles. The number of alkyl halides is 8. The van der Waals surface area contributed by atoms with Crippen LogP contribution in [0, 0.1) is 5.92 Å². The molecule has 0 amide bonds. The van der Waals surface area contributed by atoms with Gasteiger partial charge in [-0.15, -0.1) is 23.2 Å². The Hall–Kier alpha value is 1.55. The highest BCUT2D eigenvalue weighted by Crippen LogP contribution is 2.82. The zero-order valence-corrected chi connectivity index (χ0v) is 14.2. The Morgan fingerprint density at radius 1 is 0.850 bits per heavy atom. The summed E-state index contributed by atoms with van der Waals surface area (Å²) >= 11 is 35.7. The van der Waals surface area contributed by atoms with Gasteiger partial charge in [0.05, 0.1) is 16.0 Å². The maximum absolute atomic E-state index is 14.0. The van der Waals surface area contributed by atoms with E-state index in [0.29, 0.717) is 0 Å². The first-order chi connectivity index (χ1) is 8.78. The second-order valence-corrected chi connectivity index (χ2v) is 9.31. The Morgan fingerprint density at radius 3 is 1.80 bits per heavy atom. The summed E-state index contributed by atoms with van der Waals surface area (Å²) in [6, 6.07) is 0. The number of rotatable bonds is 0. The highest BCUT2D eigenvalue weighted by Gasteiger charge is 2.92. The molecular weight excluding hydrogens is 429 g/mol. The van der Waals surface area contributed by atoms with Crippen LogP contribution >= 0.6 is 81.4 Å². The molecule has 2 aliphatic carbocycles. The third-order valence-corrected chi connectivity index (χ3v) is 9.76. The summed E-state index contributed by atoms with van der Waals surface area (Å²) in [7, 11) is 0. The lowest BCUT2D eigenvalue weighted by atomic mass is 9.86. The van der Waals surface area contributed by atoms with E-state index in [9.17, 15) is 17.6 Å². The van der Waals surface area contributed by atoms with Crippen molar-refractivity contribution in [2.75, 3.05) is 0 Å². The van der Waals surface area contributed by atoms with Gasteiger partial charge in [-0.1, -0.05) is 58.2 Å². The largest absolute Gasteiger partial charge is 0.356 e. The fourth-order valence-electron chi connectivity index (χ4n) is 2.94. The molecule has 1 saturated heterocycles. The third-order valence-electron chi connectivity index (χ3n) is 3.92. The summed E-state index contributed by atoms with van der Waals surface area (Å²) in [5, 5.41) is -6.83. The Balaban J connectivity index is 2.32. The van der Waals surface area contributed by atoms with Gasteiger partial charge in [0.25, 0.3) is 0 Å². The molecule has 0 aromatic heterocycles. The maximum Gasteiger partial charge on any atom is 0.356 e. The van der Waals surface area contributed by atoms with Crippen molar-refractivity contribution in [1.82, 2.24) is 0 Å². The lowest BCUT2D eigenvalue weighted by Crippen LogP contribution is -2.52. The minimum atomic E-state index is -4.48. The van der Waals surface area contributed by atoms with Crippen molar-refractivity contribution in [3.63, 3.8) is 0 Å². The zero-order chi connectivity index (χ0) is 15.5. The highest BCUT2D eigenvalue weighted by molar-refractivity contribution is 8.01. The number of allylic oxidation sites excluding steroid dienone is 2. The molecule has 0 nitrogen and oxygen atoms in total. The van der Waals surface area contributed by atoms with E-state index in [1.807, 2.05) is 0 Å². The molecule has 11 heteroatoms. The first kappa shape index (κ1) is 16.4. The average molecular weight is 431 g/mol. The van der Waals surface area contributed by atoms with Gasteiger partial charge in [-0.25, -0.2) is 0 Å². The van der Waals surface area contributed by atoms with Gasteiger partial charge < -0.3 is 0 Å². The molecule has 1 aliphatic heterocycles. The van der Waals surface area contributed by atoms with Gasteiger partial charge in [0.2, 0.25) is 0 Å². The van der Waals surface area contributed by atoms with Crippen molar-refractivity contribution in [2.45, 2.75) is 30.5 Å². The predicted molar refractivity (Wildman–Crippen MR) is 75.1 cm³/mol. The minimum Gasteiger partial charge on any atom is -0.198 e. The summed E-state index contributed by atoms with van der Waals surface area (Å²) in [6.07, 6.45) is 0. The lowest BCUT2D eigenvalue weighted by Gasteiger charge is -2.36. The van der Waals surface area contributed by atoms with Gasteiger partial charge in [0.1, 0.15) is 9.75 Å². The zero-order valence-electron chi connectivity index (χ0n) is 8.84. The van der Waals surface area contributed by atoms with Gasteiger partial charge in [0, 0.05) is 5.25 Å². The first-order valence-electron chi connectivity index (χ1n) is 5.03. The number of fused-ring (bicyclic) bond motifs is 5. The predicted octanol–water partition coefficient (Wildman–Crippen LogP) is 5.79. The van der Waals surface area contributed by atoms with Crippen molar-refractivity contribution in [3.05, 3.63) is 10.1 Å². The van der Waals surface area contributed by atoms with E-state index < -0.39 is 41.5 Å². The molecule has 3 aliphatic rings. The molecule has 0 N–H and O–H groups in total. The van der Waals surface area contributed by atoms with E-state index in [1.54, 1.807) is 0 Å². The first-order valence-corrected chi connectivity index (χ1v) is 8.18. The molecule has 2 fully saturated rings. The second kappa shape index (κ2) is 3.96. The summed E-state index contributed by atoms with van der Waals surface area (Å²) in [4.78, 5) is -4.48. The number of hydrogen-bond acceptors (Lipinski definition) is 1. The van der Waals surface area contributed by atoms with E-state index in [1.165, 1.54) is 0 Å². The monoisotopic (exact) mass is 428 g/mol. The van der Waals surface area contributed by atoms with E-state index in [4.69, 9.17) is 69.6 Å². The summed E-state index contributed by atoms with van der Waals surface area (Å²) in [5.41, 5.74) is 0. The van der Waals surface area contributed by atoms with Crippen LogP contribution in [0.5, 0.6) is 0 Å². The Morgan fingerprint density at radius 2 is 1.30 bits per heavy atom. The topological polar surface area (TPSA) is 0 Å². The third kappa shape index (κ3) is 1.31. The summed E-state index contributed by atoms with van der Waals surface area (Å²) in [5.74, 6) is -6.62. The fourth-order valence-corrected chi connectivity index (χ4v) is 7.79. The molecule has 4 atom stereocenters. The molecule has 0 aromatic carbocycles. The summed E-state index contributed by atoms with van der Waals surface area (Å²) < 4.78 is 53.0. The Kier molecular flexibility index (Phi) is 3.25. The van der Waals surface area contributed by atoms with Gasteiger partial charge in [-0.2, -0.15) is 17.6 Å². The average Bonchev–Trinajstić information content (AvgIpc) is 2.61. The molecule has 3 rings (SSSR count). The van der Waals surface area contributed by atoms with Gasteiger partial charge in [-0.3, -0.25) is 0 Å². The molecule has 114 valence electrons. The number of halogens is 10. The SMILES string of the molecule is FC1(F)S[C@H]2[C@@H](C1(F)F)[C@]1(Cl)C(Cl)=C(Cl)[C@]2(Cl)C1(Cl)Cl. The van der Waals surface area contributed by atoms with Crippen LogP contribution in [-0.2, 0) is 0 Å². The maximum atomic E-state index is 14.0. The van der Waals surface area contributed by atoms with Crippen molar-refractivity contribution < 1.29 is 17.6 Å². The fraction of sp³-hybridized carbons (Fsp3) is 0.778. The molecule has 1 saturated carbocycles. The molecular formula is C9H2Cl6F4S. The van der Waals surface area contributed by atoms with E-state index in [0.717, 1.165) is 0 Å². The number of hydrogen-bond donors (Lipinski definition) is 0. The van der Waals surface area contributed by atoms with Crippen LogP contribution < -0.4 is 0 Å². The van der Waals surface area contributed by atoms with Crippen molar-refractivity contribution in [2.24, 2.45) is 5.92 Å². The van der Waals surface area contributed by atoms with Crippen LogP contribution in [0.3, 0.4) is 0 Å². The Labute approximate surface area is 145 Å². The lowest BCUT2D eigenvalue weighted by molar-refractivity contribution is -0.175. The van der Waals surface area contributed by atoms with E-state index in [-0.39, 0.29) is 16.8 Å². The molecule has 20 heavy (non-hydrogen) atoms. The van der Waals surface area contributed by atoms with Crippen LogP contribution in [0.25, 0.3) is 0 Å². The standard InChI is InChI=1S/C9H2Cl6F4S/c10-2-3(11)6(13)4-1(5(2,12)8(6,14)15)7(16,17)9(18,19)20-4/h1,4H/t1-,4+,5+,6-/m1/s1. The molecule has 0 radical (unpaired) electrons. The van der Waals surface area contributed by atoms with Gasteiger partial charge in [-0.05, 0) is 0 Å². The minimum absolute atomic E-state index is 0.332. The number of thioether (sulfide) groups is 1. The van der Waals surface area contributed by atoms with Crippen LogP contribution in [0.2, 0.25) is 0 Å². The summed E-state index contributed by atoms with van der Waals surface area (Å²) in [6.45, 7) is 0. The van der Waals surface area contributed by atoms with Crippen LogP contribution in [-0.4, -0.2) is 30.5 Å². The molecule has 0 aromatic rings. The van der Waals surface area contributed by atoms with Crippen molar-refractivity contribution in [3.8, 4) is 0 Å². The van der Waals surface area contributed by atoms with Crippen molar-refractivity contribution in [1.29, 1.82) is 0 Å². The van der Waals surface area contributed by atoms with E-state index >= 15 is 0 Å². The van der Waals surface area contributed by atoms with Gasteiger partial charge in [0.15, 0.2) is 4.33 Å². The molecule has 0 spiro atoms. The smallest absolute Gasteiger partial charge is 0.198 e. The van der Waals surface area contributed by atoms with Gasteiger partial charge >= 0.3 is 11.2 Å². The van der Waals surface area contributed by atoms with E-state index in [2.05, 4.69) is 0 Å². The van der Waals surface area contributed by atoms with Crippen LogP contribution in [0.1, 0.15) is 0 Å². The van der Waals surface area contributed by atoms with Crippen LogP contribution in [0.15, 0.2) is 10.1 Å². The Bertz CT molecular complexity index is 551. The molecule has 2 bridgehead atoms.